The van der Waals surface area contributed by atoms with E-state index in [0.717, 1.165) is 12.8 Å². The first-order chi connectivity index (χ1) is 10.7. The van der Waals surface area contributed by atoms with Gasteiger partial charge >= 0.3 is 6.03 Å². The number of nitrogens with one attached hydrogen (secondary N) is 2. The number of rotatable bonds is 4. The number of carbonyl (C=O) groups is 1. The molecule has 3 rings (SSSR count). The van der Waals surface area contributed by atoms with Crippen LogP contribution >= 0.6 is 11.6 Å². The molecule has 0 unspecified atom stereocenters. The summed E-state index contributed by atoms with van der Waals surface area (Å²) in [6.45, 7) is 0.656. The first-order valence-corrected chi connectivity index (χ1v) is 7.92. The van der Waals surface area contributed by atoms with E-state index >= 15 is 0 Å². The fourth-order valence-electron chi connectivity index (χ4n) is 2.95. The Morgan fingerprint density at radius 3 is 2.50 bits per heavy atom. The Balaban J connectivity index is 1.60. The van der Waals surface area contributed by atoms with Gasteiger partial charge in [-0.1, -0.05) is 54.4 Å². The van der Waals surface area contributed by atoms with Crippen molar-refractivity contribution in [3.63, 3.8) is 0 Å². The zero-order chi connectivity index (χ0) is 15.4. The normalized spacial score (nSPS) is 15.7. The second kappa shape index (κ2) is 6.41. The molecule has 114 valence electrons. The van der Waals surface area contributed by atoms with Crippen molar-refractivity contribution in [2.24, 2.45) is 0 Å². The molecule has 4 heteroatoms. The van der Waals surface area contributed by atoms with E-state index in [4.69, 9.17) is 11.6 Å². The predicted octanol–water partition coefficient (Wildman–Crippen LogP) is 4.58. The number of anilines is 1. The second-order valence-corrected chi connectivity index (χ2v) is 6.25. The van der Waals surface area contributed by atoms with Gasteiger partial charge in [-0.05, 0) is 36.6 Å². The molecule has 2 aromatic carbocycles. The van der Waals surface area contributed by atoms with Gasteiger partial charge in [0.2, 0.25) is 0 Å². The highest BCUT2D eigenvalue weighted by atomic mass is 35.5. The molecule has 0 radical (unpaired) electrons. The van der Waals surface area contributed by atoms with E-state index in [2.05, 4.69) is 34.9 Å². The molecule has 2 aromatic rings. The smallest absolute Gasteiger partial charge is 0.319 e. The minimum atomic E-state index is -0.190. The Morgan fingerprint density at radius 1 is 1.09 bits per heavy atom. The molecule has 3 nitrogen and oxygen atoms in total. The minimum absolute atomic E-state index is 0.0902. The number of carbonyl (C=O) groups excluding carboxylic acids is 1. The van der Waals surface area contributed by atoms with Crippen LogP contribution in [0, 0.1) is 0 Å². The molecule has 0 heterocycles. The van der Waals surface area contributed by atoms with Crippen molar-refractivity contribution < 1.29 is 4.79 Å². The van der Waals surface area contributed by atoms with E-state index in [0.29, 0.717) is 17.3 Å². The van der Waals surface area contributed by atoms with Gasteiger partial charge in [-0.25, -0.2) is 4.79 Å². The first kappa shape index (κ1) is 14.9. The molecule has 1 aliphatic rings. The molecule has 2 N–H and O–H groups in total. The standard InChI is InChI=1S/C18H19ClN2O/c19-15-8-4-9-16(12-15)21-17(22)20-13-18(10-5-11-18)14-6-2-1-3-7-14/h1-4,6-9,12H,5,10-11,13H2,(H2,20,21,22). The fraction of sp³-hybridized carbons (Fsp3) is 0.278. The third-order valence-electron chi connectivity index (χ3n) is 4.37. The summed E-state index contributed by atoms with van der Waals surface area (Å²) in [6.07, 6.45) is 3.45. The molecule has 1 fully saturated rings. The Hall–Kier alpha value is -2.00. The third kappa shape index (κ3) is 3.25. The van der Waals surface area contributed by atoms with Crippen LogP contribution in [-0.2, 0) is 5.41 Å². The molecular formula is C18H19ClN2O. The number of hydrogen-bond donors (Lipinski definition) is 2. The van der Waals surface area contributed by atoms with Gasteiger partial charge in [-0.3, -0.25) is 0 Å². The summed E-state index contributed by atoms with van der Waals surface area (Å²) in [4.78, 5) is 12.1. The fourth-order valence-corrected chi connectivity index (χ4v) is 3.14. The van der Waals surface area contributed by atoms with Crippen LogP contribution in [0.1, 0.15) is 24.8 Å². The quantitative estimate of drug-likeness (QED) is 0.852. The van der Waals surface area contributed by atoms with Gasteiger partial charge in [-0.15, -0.1) is 0 Å². The zero-order valence-corrected chi connectivity index (χ0v) is 13.1. The van der Waals surface area contributed by atoms with E-state index in [-0.39, 0.29) is 11.4 Å². The lowest BCUT2D eigenvalue weighted by molar-refractivity contribution is 0.222. The molecule has 0 atom stereocenters. The van der Waals surface area contributed by atoms with E-state index in [9.17, 15) is 4.79 Å². The maximum Gasteiger partial charge on any atom is 0.319 e. The van der Waals surface area contributed by atoms with Gasteiger partial charge in [0.1, 0.15) is 0 Å². The lowest BCUT2D eigenvalue weighted by Gasteiger charge is -2.42. The molecule has 22 heavy (non-hydrogen) atoms. The molecule has 0 bridgehead atoms. The minimum Gasteiger partial charge on any atom is -0.337 e. The van der Waals surface area contributed by atoms with Crippen LogP contribution in [0.25, 0.3) is 0 Å². The zero-order valence-electron chi connectivity index (χ0n) is 12.3. The highest BCUT2D eigenvalue weighted by Gasteiger charge is 2.38. The van der Waals surface area contributed by atoms with Crippen molar-refractivity contribution in [3.05, 3.63) is 65.2 Å². The Morgan fingerprint density at radius 2 is 1.86 bits per heavy atom. The van der Waals surface area contributed by atoms with Crippen molar-refractivity contribution in [3.8, 4) is 0 Å². The Kier molecular flexibility index (Phi) is 4.34. The maximum atomic E-state index is 12.1. The molecular weight excluding hydrogens is 296 g/mol. The van der Waals surface area contributed by atoms with Crippen molar-refractivity contribution in [2.45, 2.75) is 24.7 Å². The monoisotopic (exact) mass is 314 g/mol. The van der Waals surface area contributed by atoms with Crippen LogP contribution in [0.15, 0.2) is 54.6 Å². The highest BCUT2D eigenvalue weighted by Crippen LogP contribution is 2.43. The predicted molar refractivity (Wildman–Crippen MR) is 90.4 cm³/mol. The van der Waals surface area contributed by atoms with Crippen LogP contribution in [-0.4, -0.2) is 12.6 Å². The Labute approximate surface area is 135 Å². The lowest BCUT2D eigenvalue weighted by Crippen LogP contribution is -2.46. The van der Waals surface area contributed by atoms with Gasteiger partial charge in [-0.2, -0.15) is 0 Å². The maximum absolute atomic E-state index is 12.1. The van der Waals surface area contributed by atoms with Gasteiger partial charge in [0.05, 0.1) is 0 Å². The molecule has 2 amide bonds. The number of urea groups is 1. The van der Waals surface area contributed by atoms with Crippen LogP contribution in [0.3, 0.4) is 0 Å². The molecule has 0 spiro atoms. The SMILES string of the molecule is O=C(NCC1(c2ccccc2)CCC1)Nc1cccc(Cl)c1. The van der Waals surface area contributed by atoms with Crippen LogP contribution in [0.5, 0.6) is 0 Å². The van der Waals surface area contributed by atoms with E-state index < -0.39 is 0 Å². The molecule has 1 saturated carbocycles. The topological polar surface area (TPSA) is 41.1 Å². The largest absolute Gasteiger partial charge is 0.337 e. The van der Waals surface area contributed by atoms with Gasteiger partial charge in [0, 0.05) is 22.7 Å². The summed E-state index contributed by atoms with van der Waals surface area (Å²) in [6, 6.07) is 17.4. The highest BCUT2D eigenvalue weighted by molar-refractivity contribution is 6.30. The molecule has 0 aliphatic heterocycles. The van der Waals surface area contributed by atoms with Crippen LogP contribution in [0.4, 0.5) is 10.5 Å². The number of halogens is 1. The van der Waals surface area contributed by atoms with Crippen LogP contribution < -0.4 is 10.6 Å². The summed E-state index contributed by atoms with van der Waals surface area (Å²) in [5, 5.41) is 6.43. The second-order valence-electron chi connectivity index (χ2n) is 5.82. The van der Waals surface area contributed by atoms with Crippen molar-refractivity contribution in [1.29, 1.82) is 0 Å². The molecule has 0 aromatic heterocycles. The number of benzene rings is 2. The average Bonchev–Trinajstić information content (AvgIpc) is 2.47. The lowest BCUT2D eigenvalue weighted by atomic mass is 9.64. The van der Waals surface area contributed by atoms with Crippen molar-refractivity contribution in [2.75, 3.05) is 11.9 Å². The Bertz CT molecular complexity index is 653. The summed E-state index contributed by atoms with van der Waals surface area (Å²) in [7, 11) is 0. The number of amides is 2. The molecule has 1 aliphatic carbocycles. The average molecular weight is 315 g/mol. The van der Waals surface area contributed by atoms with E-state index in [1.54, 1.807) is 12.1 Å². The van der Waals surface area contributed by atoms with Gasteiger partial charge in [0.25, 0.3) is 0 Å². The summed E-state index contributed by atoms with van der Waals surface area (Å²) in [5.74, 6) is 0. The summed E-state index contributed by atoms with van der Waals surface area (Å²) < 4.78 is 0. The van der Waals surface area contributed by atoms with Gasteiger partial charge in [0.15, 0.2) is 0 Å². The van der Waals surface area contributed by atoms with Crippen LogP contribution in [0.2, 0.25) is 5.02 Å². The summed E-state index contributed by atoms with van der Waals surface area (Å²) >= 11 is 5.92. The van der Waals surface area contributed by atoms with Gasteiger partial charge < -0.3 is 10.6 Å². The van der Waals surface area contributed by atoms with Crippen molar-refractivity contribution >= 4 is 23.3 Å². The van der Waals surface area contributed by atoms with E-state index in [1.807, 2.05) is 18.2 Å². The summed E-state index contributed by atoms with van der Waals surface area (Å²) in [5.41, 5.74) is 2.10. The number of hydrogen-bond acceptors (Lipinski definition) is 1. The van der Waals surface area contributed by atoms with Crippen molar-refractivity contribution in [1.82, 2.24) is 5.32 Å². The van der Waals surface area contributed by atoms with E-state index in [1.165, 1.54) is 12.0 Å². The molecule has 0 saturated heterocycles. The first-order valence-electron chi connectivity index (χ1n) is 7.54. The third-order valence-corrected chi connectivity index (χ3v) is 4.60.